The van der Waals surface area contributed by atoms with E-state index < -0.39 is 17.6 Å². The summed E-state index contributed by atoms with van der Waals surface area (Å²) in [5.41, 5.74) is -0.511. The van der Waals surface area contributed by atoms with E-state index in [4.69, 9.17) is 5.84 Å². The Balaban J connectivity index is 1.61. The number of carbonyl (C=O) groups is 1. The van der Waals surface area contributed by atoms with Crippen molar-refractivity contribution in [3.8, 4) is 0 Å². The van der Waals surface area contributed by atoms with Crippen LogP contribution in [-0.2, 0) is 12.6 Å². The fourth-order valence-corrected chi connectivity index (χ4v) is 2.89. The van der Waals surface area contributed by atoms with Gasteiger partial charge in [-0.3, -0.25) is 10.6 Å². The minimum Gasteiger partial charge on any atom is -0.741 e. The maximum Gasteiger partial charge on any atom is 0.416 e. The van der Waals surface area contributed by atoms with Gasteiger partial charge >= 0.3 is 6.18 Å². The molecule has 1 aliphatic rings. The number of halogens is 3. The molecule has 10 heteroatoms. The molecule has 0 saturated carbocycles. The van der Waals surface area contributed by atoms with Crippen LogP contribution in [0.1, 0.15) is 21.6 Å². The number of aromatic nitrogens is 2. The molecular weight excluding hydrogens is 351 g/mol. The van der Waals surface area contributed by atoms with Crippen molar-refractivity contribution < 1.29 is 18.0 Å². The van der Waals surface area contributed by atoms with Crippen LogP contribution in [-0.4, -0.2) is 34.4 Å². The summed E-state index contributed by atoms with van der Waals surface area (Å²) < 4.78 is 39.1. The predicted octanol–water partition coefficient (Wildman–Crippen LogP) is 1.99. The van der Waals surface area contributed by atoms with Gasteiger partial charge in [0.15, 0.2) is 11.5 Å². The highest BCUT2D eigenvalue weighted by molar-refractivity contribution is 5.92. The summed E-state index contributed by atoms with van der Waals surface area (Å²) in [6.45, 7) is 1.05. The lowest BCUT2D eigenvalue weighted by Gasteiger charge is -2.40. The van der Waals surface area contributed by atoms with Crippen molar-refractivity contribution in [3.63, 3.8) is 0 Å². The molecule has 2 heterocycles. The number of hydrogen-bond acceptors (Lipinski definition) is 6. The summed E-state index contributed by atoms with van der Waals surface area (Å²) in [5, 5.41) is 17.9. The van der Waals surface area contributed by atoms with Gasteiger partial charge in [-0.05, 0) is 36.1 Å². The van der Waals surface area contributed by atoms with Crippen molar-refractivity contribution in [1.82, 2.24) is 15.4 Å². The van der Waals surface area contributed by atoms with Crippen LogP contribution < -0.4 is 10.7 Å². The Bertz CT molecular complexity index is 789. The van der Waals surface area contributed by atoms with Gasteiger partial charge < -0.3 is 15.3 Å². The van der Waals surface area contributed by atoms with E-state index in [1.165, 1.54) is 24.3 Å². The zero-order valence-electron chi connectivity index (χ0n) is 13.5. The molecule has 0 spiro atoms. The van der Waals surface area contributed by atoms with Crippen LogP contribution in [0, 0.1) is 11.1 Å². The zero-order chi connectivity index (χ0) is 18.9. The second-order valence-electron chi connectivity index (χ2n) is 6.04. The maximum atomic E-state index is 13.0. The second kappa shape index (κ2) is 6.89. The number of nitrogens with zero attached hydrogens (tertiary/aromatic N) is 4. The van der Waals surface area contributed by atoms with Gasteiger partial charge in [-0.25, -0.2) is 0 Å². The molecule has 7 nitrogen and oxygen atoms in total. The Morgan fingerprint density at radius 3 is 2.50 bits per heavy atom. The van der Waals surface area contributed by atoms with Crippen LogP contribution in [0.15, 0.2) is 36.4 Å². The summed E-state index contributed by atoms with van der Waals surface area (Å²) >= 11 is 0. The number of benzene rings is 1. The molecule has 3 rings (SSSR count). The van der Waals surface area contributed by atoms with Crippen molar-refractivity contribution in [3.05, 3.63) is 58.4 Å². The average Bonchev–Trinajstić information content (AvgIpc) is 2.56. The van der Waals surface area contributed by atoms with Gasteiger partial charge in [0.2, 0.25) is 0 Å². The number of anilines is 1. The van der Waals surface area contributed by atoms with Crippen molar-refractivity contribution in [2.45, 2.75) is 12.6 Å². The Kier molecular flexibility index (Phi) is 4.79. The number of amides is 1. The summed E-state index contributed by atoms with van der Waals surface area (Å²) in [6.07, 6.45) is -4.05. The van der Waals surface area contributed by atoms with Crippen LogP contribution in [0.4, 0.5) is 19.0 Å². The number of hydrogen-bond donors (Lipinski definition) is 1. The number of alkyl halides is 3. The molecule has 1 amide bonds. The highest BCUT2D eigenvalue weighted by atomic mass is 19.4. The molecule has 2 N–H and O–H groups in total. The van der Waals surface area contributed by atoms with E-state index in [2.05, 4.69) is 10.2 Å². The number of rotatable bonds is 4. The molecule has 0 aliphatic carbocycles. The fraction of sp³-hybridized carbons (Fsp3) is 0.312. The largest absolute Gasteiger partial charge is 0.741 e. The first kappa shape index (κ1) is 18.1. The van der Waals surface area contributed by atoms with Crippen LogP contribution >= 0.6 is 0 Å². The standard InChI is InChI=1S/C16H15F3N5O2/c17-16(18,19)12-4-2-1-3-11(12)7-10-8-23(9-10)14-6-5-13(21-22-14)15(25)24(20)26/h1-6,10H,7-9,20H2/q-1. The first-order valence-corrected chi connectivity index (χ1v) is 7.76. The van der Waals surface area contributed by atoms with Crippen LogP contribution in [0.5, 0.6) is 0 Å². The Morgan fingerprint density at radius 1 is 1.23 bits per heavy atom. The molecular formula is C16H15F3N5O2-. The van der Waals surface area contributed by atoms with Crippen molar-refractivity contribution in [2.75, 3.05) is 18.0 Å². The van der Waals surface area contributed by atoms with Gasteiger partial charge in [-0.2, -0.15) is 13.2 Å². The minimum absolute atomic E-state index is 0.0581. The van der Waals surface area contributed by atoms with Crippen molar-refractivity contribution in [1.29, 1.82) is 0 Å². The molecule has 2 aromatic rings. The van der Waals surface area contributed by atoms with E-state index in [1.54, 1.807) is 6.07 Å². The SMILES string of the molecule is NN([O-])C(=O)c1ccc(N2CC(Cc3ccccc3C(F)(F)F)C2)nn1. The Morgan fingerprint density at radius 2 is 1.92 bits per heavy atom. The third kappa shape index (κ3) is 3.75. The lowest BCUT2D eigenvalue weighted by atomic mass is 9.90. The fourth-order valence-electron chi connectivity index (χ4n) is 2.89. The molecule has 26 heavy (non-hydrogen) atoms. The van der Waals surface area contributed by atoms with Gasteiger partial charge in [-0.1, -0.05) is 18.2 Å². The first-order chi connectivity index (χ1) is 12.3. The smallest absolute Gasteiger partial charge is 0.416 e. The molecule has 1 saturated heterocycles. The van der Waals surface area contributed by atoms with Crippen LogP contribution in [0.2, 0.25) is 0 Å². The molecule has 0 unspecified atom stereocenters. The predicted molar refractivity (Wildman–Crippen MR) is 86.6 cm³/mol. The molecule has 0 radical (unpaired) electrons. The summed E-state index contributed by atoms with van der Waals surface area (Å²) in [6, 6.07) is 8.40. The molecule has 1 aromatic heterocycles. The van der Waals surface area contributed by atoms with Gasteiger partial charge in [0.05, 0.1) is 5.56 Å². The summed E-state index contributed by atoms with van der Waals surface area (Å²) in [7, 11) is 0. The monoisotopic (exact) mass is 366 g/mol. The first-order valence-electron chi connectivity index (χ1n) is 7.76. The minimum atomic E-state index is -4.37. The average molecular weight is 366 g/mol. The number of carbonyl (C=O) groups excluding carboxylic acids is 1. The third-order valence-electron chi connectivity index (χ3n) is 4.18. The summed E-state index contributed by atoms with van der Waals surface area (Å²) in [4.78, 5) is 13.2. The summed E-state index contributed by atoms with van der Waals surface area (Å²) in [5.74, 6) is 4.34. The van der Waals surface area contributed by atoms with E-state index in [-0.39, 0.29) is 22.3 Å². The van der Waals surface area contributed by atoms with E-state index in [1.807, 2.05) is 4.90 Å². The number of hydrazine groups is 1. The molecule has 138 valence electrons. The quantitative estimate of drug-likeness (QED) is 0.505. The normalized spacial score (nSPS) is 14.9. The van der Waals surface area contributed by atoms with Gasteiger partial charge in [-0.15, -0.1) is 10.2 Å². The lowest BCUT2D eigenvalue weighted by Crippen LogP contribution is -2.48. The molecule has 1 aliphatic heterocycles. The maximum absolute atomic E-state index is 13.0. The molecule has 0 atom stereocenters. The highest BCUT2D eigenvalue weighted by Gasteiger charge is 2.35. The van der Waals surface area contributed by atoms with Crippen molar-refractivity contribution in [2.24, 2.45) is 11.8 Å². The van der Waals surface area contributed by atoms with Gasteiger partial charge in [0.25, 0.3) is 5.91 Å². The molecule has 1 aromatic carbocycles. The van der Waals surface area contributed by atoms with Crippen LogP contribution in [0.3, 0.4) is 0 Å². The number of nitrogens with two attached hydrogens (primary N) is 1. The Hall–Kier alpha value is -2.72. The van der Waals surface area contributed by atoms with E-state index in [0.717, 1.165) is 6.07 Å². The molecule has 0 bridgehead atoms. The Labute approximate surface area is 146 Å². The second-order valence-corrected chi connectivity index (χ2v) is 6.04. The van der Waals surface area contributed by atoms with E-state index in [9.17, 15) is 23.2 Å². The topological polar surface area (TPSA) is 98.4 Å². The van der Waals surface area contributed by atoms with Crippen molar-refractivity contribution >= 4 is 11.7 Å². The van der Waals surface area contributed by atoms with Crippen LogP contribution in [0.25, 0.3) is 0 Å². The molecule has 1 fully saturated rings. The van der Waals surface area contributed by atoms with E-state index >= 15 is 0 Å². The highest BCUT2D eigenvalue weighted by Crippen LogP contribution is 2.34. The zero-order valence-corrected chi connectivity index (χ0v) is 13.5. The third-order valence-corrected chi connectivity index (χ3v) is 4.18. The number of hydroxylamine groups is 1. The van der Waals surface area contributed by atoms with Gasteiger partial charge in [0.1, 0.15) is 0 Å². The van der Waals surface area contributed by atoms with Gasteiger partial charge in [0, 0.05) is 13.1 Å². The van der Waals surface area contributed by atoms with E-state index in [0.29, 0.717) is 25.3 Å². The lowest BCUT2D eigenvalue weighted by molar-refractivity contribution is -0.138.